The molecule has 0 saturated carbocycles. The van der Waals surface area contributed by atoms with Crippen molar-refractivity contribution in [2.75, 3.05) is 12.4 Å². The number of para-hydroxylation sites is 3. The van der Waals surface area contributed by atoms with E-state index in [4.69, 9.17) is 4.74 Å². The third-order valence-electron chi connectivity index (χ3n) is 6.03. The van der Waals surface area contributed by atoms with E-state index in [1.807, 2.05) is 65.1 Å². The predicted octanol–water partition coefficient (Wildman–Crippen LogP) is 5.53. The molecule has 7 nitrogen and oxygen atoms in total. The van der Waals surface area contributed by atoms with Crippen LogP contribution in [0, 0.1) is 0 Å². The summed E-state index contributed by atoms with van der Waals surface area (Å²) in [5.74, 6) is 1.82. The number of nitrogens with zero attached hydrogens (tertiary/aromatic N) is 4. The fraction of sp³-hybridized carbons (Fsp3) is 0.214. The molecular formula is C28H26N4O3S. The largest absolute Gasteiger partial charge is 0.492 e. The van der Waals surface area contributed by atoms with Crippen molar-refractivity contribution in [2.45, 2.75) is 31.8 Å². The third kappa shape index (κ3) is 4.28. The first kappa shape index (κ1) is 23.8. The number of fused-ring (bicyclic) bond motifs is 3. The molecule has 0 aliphatic heterocycles. The Bertz CT molecular complexity index is 1640. The first-order chi connectivity index (χ1) is 17.5. The summed E-state index contributed by atoms with van der Waals surface area (Å²) in [4.78, 5) is 25.5. The lowest BCUT2D eigenvalue weighted by molar-refractivity contribution is 0.101. The number of hydrogen-bond acceptors (Lipinski definition) is 6. The lowest BCUT2D eigenvalue weighted by Gasteiger charge is -2.16. The van der Waals surface area contributed by atoms with Crippen LogP contribution in [0.25, 0.3) is 22.4 Å². The van der Waals surface area contributed by atoms with E-state index in [9.17, 15) is 9.59 Å². The van der Waals surface area contributed by atoms with Crippen LogP contribution in [0.1, 0.15) is 42.6 Å². The van der Waals surface area contributed by atoms with Crippen LogP contribution in [0.15, 0.2) is 82.7 Å². The molecule has 0 atom stereocenters. The molecule has 0 unspecified atom stereocenters. The molecule has 0 saturated heterocycles. The SMILES string of the molecule is CC(=O)c1ccccc1OCCSc1nnc2n(-c3ccccc3C(C)C)c(=O)c3ccccc3n12. The van der Waals surface area contributed by atoms with Crippen molar-refractivity contribution < 1.29 is 9.53 Å². The van der Waals surface area contributed by atoms with Gasteiger partial charge in [-0.25, -0.2) is 4.57 Å². The molecule has 0 N–H and O–H groups in total. The number of carbonyl (C=O) groups is 1. The number of hydrogen-bond donors (Lipinski definition) is 0. The summed E-state index contributed by atoms with van der Waals surface area (Å²) < 4.78 is 9.49. The number of benzene rings is 3. The van der Waals surface area contributed by atoms with Crippen LogP contribution < -0.4 is 10.3 Å². The van der Waals surface area contributed by atoms with E-state index in [1.165, 1.54) is 18.7 Å². The quantitative estimate of drug-likeness (QED) is 0.159. The number of ketones is 1. The van der Waals surface area contributed by atoms with E-state index in [0.29, 0.717) is 40.0 Å². The number of Topliss-reactive ketones (excluding diaryl/α,β-unsaturated/α-hetero) is 1. The Balaban J connectivity index is 1.54. The smallest absolute Gasteiger partial charge is 0.267 e. The number of thioether (sulfide) groups is 1. The maximum atomic E-state index is 13.7. The van der Waals surface area contributed by atoms with Crippen LogP contribution in [0.4, 0.5) is 0 Å². The molecule has 8 heteroatoms. The van der Waals surface area contributed by atoms with Gasteiger partial charge in [-0.15, -0.1) is 10.2 Å². The van der Waals surface area contributed by atoms with Crippen LogP contribution in [0.3, 0.4) is 0 Å². The van der Waals surface area contributed by atoms with Crippen molar-refractivity contribution in [2.24, 2.45) is 0 Å². The minimum absolute atomic E-state index is 0.0344. The third-order valence-corrected chi connectivity index (χ3v) is 6.93. The average molecular weight is 499 g/mol. The van der Waals surface area contributed by atoms with E-state index in [2.05, 4.69) is 24.0 Å². The Kier molecular flexibility index (Phi) is 6.61. The molecule has 0 aliphatic rings. The molecule has 182 valence electrons. The van der Waals surface area contributed by atoms with Gasteiger partial charge in [0.15, 0.2) is 10.9 Å². The maximum Gasteiger partial charge on any atom is 0.267 e. The van der Waals surface area contributed by atoms with Gasteiger partial charge < -0.3 is 4.74 Å². The van der Waals surface area contributed by atoms with Crippen LogP contribution in [0.2, 0.25) is 0 Å². The molecule has 3 aromatic carbocycles. The normalized spacial score (nSPS) is 11.4. The van der Waals surface area contributed by atoms with Gasteiger partial charge in [0.25, 0.3) is 5.56 Å². The Morgan fingerprint density at radius 2 is 1.69 bits per heavy atom. The van der Waals surface area contributed by atoms with Crippen LogP contribution in [-0.2, 0) is 0 Å². The molecule has 5 rings (SSSR count). The second-order valence-electron chi connectivity index (χ2n) is 8.74. The molecule has 0 fully saturated rings. The van der Waals surface area contributed by atoms with Gasteiger partial charge in [0.1, 0.15) is 5.75 Å². The molecule has 5 aromatic rings. The highest BCUT2D eigenvalue weighted by atomic mass is 32.2. The van der Waals surface area contributed by atoms with Crippen molar-refractivity contribution in [1.29, 1.82) is 0 Å². The summed E-state index contributed by atoms with van der Waals surface area (Å²) in [5.41, 5.74) is 3.06. The number of carbonyl (C=O) groups excluding carboxylic acids is 1. The highest BCUT2D eigenvalue weighted by molar-refractivity contribution is 7.99. The van der Waals surface area contributed by atoms with Crippen LogP contribution in [-0.4, -0.2) is 37.3 Å². The van der Waals surface area contributed by atoms with Gasteiger partial charge in [0, 0.05) is 5.75 Å². The molecule has 0 spiro atoms. The van der Waals surface area contributed by atoms with Crippen LogP contribution in [0.5, 0.6) is 5.75 Å². The van der Waals surface area contributed by atoms with Crippen molar-refractivity contribution >= 4 is 34.2 Å². The number of rotatable bonds is 8. The second kappa shape index (κ2) is 9.99. The van der Waals surface area contributed by atoms with Gasteiger partial charge in [0.05, 0.1) is 28.8 Å². The van der Waals surface area contributed by atoms with E-state index in [1.54, 1.807) is 16.7 Å². The van der Waals surface area contributed by atoms with Crippen molar-refractivity contribution in [3.63, 3.8) is 0 Å². The number of aromatic nitrogens is 4. The lowest BCUT2D eigenvalue weighted by Crippen LogP contribution is -2.23. The zero-order valence-electron chi connectivity index (χ0n) is 20.3. The molecule has 2 heterocycles. The molecule has 0 amide bonds. The van der Waals surface area contributed by atoms with Gasteiger partial charge in [-0.2, -0.15) is 0 Å². The van der Waals surface area contributed by atoms with Gasteiger partial charge in [-0.05, 0) is 48.7 Å². The summed E-state index contributed by atoms with van der Waals surface area (Å²) in [6.07, 6.45) is 0. The molecular weight excluding hydrogens is 472 g/mol. The summed E-state index contributed by atoms with van der Waals surface area (Å²) >= 11 is 1.49. The second-order valence-corrected chi connectivity index (χ2v) is 9.80. The fourth-order valence-electron chi connectivity index (χ4n) is 4.34. The standard InChI is InChI=1S/C28H26N4O3S/c1-18(2)20-10-4-7-13-23(20)31-26(34)22-12-5-8-14-24(22)32-27(31)29-30-28(32)36-17-16-35-25-15-9-6-11-21(25)19(3)33/h4-15,18H,16-17H2,1-3H3. The topological polar surface area (TPSA) is 78.5 Å². The van der Waals surface area contributed by atoms with Crippen molar-refractivity contribution in [1.82, 2.24) is 19.2 Å². The average Bonchev–Trinajstić information content (AvgIpc) is 3.31. The monoisotopic (exact) mass is 498 g/mol. The number of ether oxygens (including phenoxy) is 1. The molecule has 0 bridgehead atoms. The Hall–Kier alpha value is -3.91. The predicted molar refractivity (Wildman–Crippen MR) is 143 cm³/mol. The summed E-state index contributed by atoms with van der Waals surface area (Å²) in [7, 11) is 0. The first-order valence-corrected chi connectivity index (χ1v) is 12.8. The highest BCUT2D eigenvalue weighted by Gasteiger charge is 2.20. The molecule has 2 aromatic heterocycles. The lowest BCUT2D eigenvalue weighted by atomic mass is 10.0. The summed E-state index contributed by atoms with van der Waals surface area (Å²) in [6.45, 7) is 6.13. The Morgan fingerprint density at radius 3 is 2.50 bits per heavy atom. The zero-order valence-corrected chi connectivity index (χ0v) is 21.2. The van der Waals surface area contributed by atoms with E-state index >= 15 is 0 Å². The Labute approximate surface area is 212 Å². The van der Waals surface area contributed by atoms with Gasteiger partial charge in [-0.1, -0.05) is 68.1 Å². The summed E-state index contributed by atoms with van der Waals surface area (Å²) in [5, 5.41) is 10.2. The van der Waals surface area contributed by atoms with E-state index in [-0.39, 0.29) is 17.3 Å². The van der Waals surface area contributed by atoms with E-state index in [0.717, 1.165) is 16.8 Å². The van der Waals surface area contributed by atoms with E-state index < -0.39 is 0 Å². The maximum absolute atomic E-state index is 13.7. The molecule has 0 radical (unpaired) electrons. The van der Waals surface area contributed by atoms with Crippen molar-refractivity contribution in [3.05, 3.63) is 94.3 Å². The minimum Gasteiger partial charge on any atom is -0.492 e. The van der Waals surface area contributed by atoms with Gasteiger partial charge >= 0.3 is 0 Å². The zero-order chi connectivity index (χ0) is 25.2. The molecule has 36 heavy (non-hydrogen) atoms. The first-order valence-electron chi connectivity index (χ1n) is 11.8. The van der Waals surface area contributed by atoms with Gasteiger partial charge in [-0.3, -0.25) is 14.0 Å². The van der Waals surface area contributed by atoms with Crippen LogP contribution >= 0.6 is 11.8 Å². The van der Waals surface area contributed by atoms with Crippen molar-refractivity contribution in [3.8, 4) is 11.4 Å². The highest BCUT2D eigenvalue weighted by Crippen LogP contribution is 2.27. The van der Waals surface area contributed by atoms with Gasteiger partial charge in [0.2, 0.25) is 5.78 Å². The summed E-state index contributed by atoms with van der Waals surface area (Å²) in [6, 6.07) is 22.7. The molecule has 0 aliphatic carbocycles. The fourth-order valence-corrected chi connectivity index (χ4v) is 5.09. The Morgan fingerprint density at radius 1 is 0.972 bits per heavy atom. The minimum atomic E-state index is -0.126.